The van der Waals surface area contributed by atoms with Gasteiger partial charge in [-0.15, -0.1) is 0 Å². The highest BCUT2D eigenvalue weighted by molar-refractivity contribution is 4.93. The second-order valence-corrected chi connectivity index (χ2v) is 3.84. The molecule has 0 spiro atoms. The van der Waals surface area contributed by atoms with Gasteiger partial charge in [0.25, 0.3) is 0 Å². The Labute approximate surface area is 60.7 Å². The first-order valence-electron chi connectivity index (χ1n) is 4.20. The van der Waals surface area contributed by atoms with E-state index in [0.29, 0.717) is 0 Å². The molecule has 2 atom stereocenters. The van der Waals surface area contributed by atoms with Crippen LogP contribution in [0.15, 0.2) is 0 Å². The lowest BCUT2D eigenvalue weighted by Crippen LogP contribution is -2.70. The van der Waals surface area contributed by atoms with Gasteiger partial charge < -0.3 is 0 Å². The summed E-state index contributed by atoms with van der Waals surface area (Å²) in [5, 5.41) is 2.19. The smallest absolute Gasteiger partial charge is 0.0317 e. The maximum Gasteiger partial charge on any atom is 0.0317 e. The zero-order valence-corrected chi connectivity index (χ0v) is 6.01. The minimum atomic E-state index is 0.791. The van der Waals surface area contributed by atoms with Crippen LogP contribution in [0, 0.1) is 5.92 Å². The summed E-state index contributed by atoms with van der Waals surface area (Å²) in [5.41, 5.74) is 6.87. The second kappa shape index (κ2) is 1.72. The molecule has 3 heteroatoms. The predicted octanol–water partition coefficient (Wildman–Crippen LogP) is -0.138. The van der Waals surface area contributed by atoms with Crippen LogP contribution in [-0.4, -0.2) is 23.7 Å². The Morgan fingerprint density at radius 3 is 2.20 bits per heavy atom. The highest BCUT2D eigenvalue weighted by Gasteiger charge is 2.40. The lowest BCUT2D eigenvalue weighted by molar-refractivity contribution is -0.0803. The zero-order chi connectivity index (χ0) is 6.55. The van der Waals surface area contributed by atoms with Crippen LogP contribution in [0.4, 0.5) is 0 Å². The first-order chi connectivity index (χ1) is 4.90. The maximum atomic E-state index is 3.44. The van der Waals surface area contributed by atoms with Gasteiger partial charge in [0.2, 0.25) is 0 Å². The van der Waals surface area contributed by atoms with Gasteiger partial charge in [-0.05, 0) is 25.2 Å². The van der Waals surface area contributed by atoms with Gasteiger partial charge in [-0.1, -0.05) is 0 Å². The molecular formula is C7H13N3. The quantitative estimate of drug-likeness (QED) is 0.489. The summed E-state index contributed by atoms with van der Waals surface area (Å²) in [6.45, 7) is 1.22. The highest BCUT2D eigenvalue weighted by Crippen LogP contribution is 2.32. The summed E-state index contributed by atoms with van der Waals surface area (Å²) in [7, 11) is 0. The summed E-state index contributed by atoms with van der Waals surface area (Å²) < 4.78 is 0. The van der Waals surface area contributed by atoms with Crippen LogP contribution in [0.1, 0.15) is 19.3 Å². The lowest BCUT2D eigenvalue weighted by Gasteiger charge is -2.52. The molecule has 0 amide bonds. The third-order valence-corrected chi connectivity index (χ3v) is 2.92. The molecule has 4 fully saturated rings. The Kier molecular flexibility index (Phi) is 0.952. The molecule has 3 heterocycles. The van der Waals surface area contributed by atoms with Crippen molar-refractivity contribution < 1.29 is 0 Å². The summed E-state index contributed by atoms with van der Waals surface area (Å²) >= 11 is 0. The second-order valence-electron chi connectivity index (χ2n) is 3.84. The molecule has 2 unspecified atom stereocenters. The summed E-state index contributed by atoms with van der Waals surface area (Å²) in [6.07, 6.45) is 4.16. The monoisotopic (exact) mass is 139 g/mol. The number of hydrogen-bond acceptors (Lipinski definition) is 3. The van der Waals surface area contributed by atoms with Crippen molar-refractivity contribution in [3.8, 4) is 0 Å². The van der Waals surface area contributed by atoms with Crippen LogP contribution in [0.3, 0.4) is 0 Å². The number of nitrogens with zero attached hydrogens (tertiary/aromatic N) is 1. The molecule has 3 nitrogen and oxygen atoms in total. The van der Waals surface area contributed by atoms with Gasteiger partial charge >= 0.3 is 0 Å². The number of hydrazine groups is 2. The third kappa shape index (κ3) is 0.654. The van der Waals surface area contributed by atoms with Crippen molar-refractivity contribution in [1.29, 1.82) is 0 Å². The molecule has 10 heavy (non-hydrogen) atoms. The number of hydrogen-bond donors (Lipinski definition) is 2. The number of nitrogens with one attached hydrogen (secondary N) is 2. The Bertz CT molecular complexity index is 100. The average Bonchev–Trinajstić information content (AvgIpc) is 1.82. The Morgan fingerprint density at radius 1 is 1.00 bits per heavy atom. The molecule has 1 aliphatic carbocycles. The molecule has 0 aromatic heterocycles. The Hall–Kier alpha value is -0.120. The lowest BCUT2D eigenvalue weighted by atomic mass is 9.80. The van der Waals surface area contributed by atoms with Crippen LogP contribution in [0.2, 0.25) is 0 Å². The molecule has 3 saturated heterocycles. The fourth-order valence-electron chi connectivity index (χ4n) is 2.64. The van der Waals surface area contributed by atoms with Crippen LogP contribution < -0.4 is 10.9 Å². The standard InChI is InChI=1S/C7H13N3/c1-5-2-7-3-6(1)8-10(4-5)9-7/h5-9H,1-4H2. The van der Waals surface area contributed by atoms with Gasteiger partial charge in [-0.25, -0.2) is 10.9 Å². The fourth-order valence-corrected chi connectivity index (χ4v) is 2.64. The largest absolute Gasteiger partial charge is 0.238 e. The van der Waals surface area contributed by atoms with E-state index in [0.717, 1.165) is 18.0 Å². The SMILES string of the molecule is C1C2CC3CC1NN(C2)N3. The molecule has 0 radical (unpaired) electrons. The normalized spacial score (nSPS) is 57.6. The molecule has 56 valence electrons. The minimum Gasteiger partial charge on any atom is -0.238 e. The zero-order valence-electron chi connectivity index (χ0n) is 6.01. The predicted molar refractivity (Wildman–Crippen MR) is 37.9 cm³/mol. The van der Waals surface area contributed by atoms with Crippen molar-refractivity contribution in [2.45, 2.75) is 31.3 Å². The molecule has 0 aromatic rings. The van der Waals surface area contributed by atoms with Gasteiger partial charge in [-0.2, -0.15) is 5.12 Å². The minimum absolute atomic E-state index is 0.791. The maximum absolute atomic E-state index is 3.44. The van der Waals surface area contributed by atoms with Gasteiger partial charge in [0.15, 0.2) is 0 Å². The van der Waals surface area contributed by atoms with E-state index in [4.69, 9.17) is 0 Å². The van der Waals surface area contributed by atoms with E-state index in [1.54, 1.807) is 0 Å². The summed E-state index contributed by atoms with van der Waals surface area (Å²) in [4.78, 5) is 0. The first-order valence-corrected chi connectivity index (χ1v) is 4.20. The van der Waals surface area contributed by atoms with Crippen molar-refractivity contribution >= 4 is 0 Å². The van der Waals surface area contributed by atoms with Crippen molar-refractivity contribution in [1.82, 2.24) is 16.0 Å². The molecule has 2 N–H and O–H groups in total. The van der Waals surface area contributed by atoms with Crippen molar-refractivity contribution in [3.63, 3.8) is 0 Å². The third-order valence-electron chi connectivity index (χ3n) is 2.92. The van der Waals surface area contributed by atoms with Crippen LogP contribution >= 0.6 is 0 Å². The molecule has 3 aliphatic heterocycles. The summed E-state index contributed by atoms with van der Waals surface area (Å²) in [5.74, 6) is 0.978. The fraction of sp³-hybridized carbons (Fsp3) is 1.00. The highest BCUT2D eigenvalue weighted by atomic mass is 15.8. The number of rotatable bonds is 0. The first kappa shape index (κ1) is 5.52. The van der Waals surface area contributed by atoms with E-state index in [-0.39, 0.29) is 0 Å². The molecule has 4 aliphatic rings. The van der Waals surface area contributed by atoms with E-state index < -0.39 is 0 Å². The molecule has 4 bridgehead atoms. The van der Waals surface area contributed by atoms with E-state index in [1.165, 1.54) is 25.8 Å². The molecule has 1 saturated carbocycles. The van der Waals surface area contributed by atoms with Gasteiger partial charge in [-0.3, -0.25) is 0 Å². The van der Waals surface area contributed by atoms with E-state index in [2.05, 4.69) is 16.0 Å². The topological polar surface area (TPSA) is 27.3 Å². The summed E-state index contributed by atoms with van der Waals surface area (Å²) in [6, 6.07) is 1.58. The average molecular weight is 139 g/mol. The molecule has 4 rings (SSSR count). The van der Waals surface area contributed by atoms with Gasteiger partial charge in [0.1, 0.15) is 0 Å². The van der Waals surface area contributed by atoms with E-state index in [9.17, 15) is 0 Å². The van der Waals surface area contributed by atoms with Gasteiger partial charge in [0, 0.05) is 18.6 Å². The van der Waals surface area contributed by atoms with Crippen LogP contribution in [-0.2, 0) is 0 Å². The van der Waals surface area contributed by atoms with Crippen LogP contribution in [0.25, 0.3) is 0 Å². The van der Waals surface area contributed by atoms with Crippen LogP contribution in [0.5, 0.6) is 0 Å². The molecule has 0 aromatic carbocycles. The molecular weight excluding hydrogens is 126 g/mol. The van der Waals surface area contributed by atoms with E-state index >= 15 is 0 Å². The Balaban J connectivity index is 1.90. The van der Waals surface area contributed by atoms with E-state index in [1.807, 2.05) is 0 Å². The Morgan fingerprint density at radius 2 is 1.70 bits per heavy atom. The van der Waals surface area contributed by atoms with Crippen molar-refractivity contribution in [2.75, 3.05) is 6.54 Å². The van der Waals surface area contributed by atoms with Crippen molar-refractivity contribution in [3.05, 3.63) is 0 Å². The van der Waals surface area contributed by atoms with Crippen molar-refractivity contribution in [2.24, 2.45) is 5.92 Å². The van der Waals surface area contributed by atoms with Gasteiger partial charge in [0.05, 0.1) is 0 Å².